The highest BCUT2D eigenvalue weighted by molar-refractivity contribution is 7.73. The number of aryl methyl sites for hydroxylation is 1. The fraction of sp³-hybridized carbons (Fsp3) is 0.143. The number of hydrogen-bond donors (Lipinski definition) is 2. The SMILES string of the molecule is Cc1cc(C(=O)Nc2ccc3[nH]c(=S)sc3c2)c(C)n1-c1ccccc1C(F)(F)F. The van der Waals surface area contributed by atoms with Crippen molar-refractivity contribution in [1.82, 2.24) is 9.55 Å². The van der Waals surface area contributed by atoms with E-state index in [2.05, 4.69) is 10.3 Å². The van der Waals surface area contributed by atoms with Gasteiger partial charge in [-0.1, -0.05) is 12.1 Å². The predicted octanol–water partition coefficient (Wildman–Crippen LogP) is 6.64. The monoisotopic (exact) mass is 447 g/mol. The van der Waals surface area contributed by atoms with Crippen molar-refractivity contribution < 1.29 is 18.0 Å². The number of carbonyl (C=O) groups excluding carboxylic acids is 1. The van der Waals surface area contributed by atoms with Crippen LogP contribution >= 0.6 is 23.6 Å². The predicted molar refractivity (Wildman–Crippen MR) is 115 cm³/mol. The third-order valence-electron chi connectivity index (χ3n) is 4.80. The average Bonchev–Trinajstić information content (AvgIpc) is 3.18. The Bertz CT molecular complexity index is 1330. The van der Waals surface area contributed by atoms with Crippen molar-refractivity contribution in [1.29, 1.82) is 0 Å². The first kappa shape index (κ1) is 20.4. The number of aromatic amines is 1. The molecule has 0 atom stereocenters. The molecule has 2 heterocycles. The zero-order chi connectivity index (χ0) is 21.6. The van der Waals surface area contributed by atoms with Gasteiger partial charge in [0.2, 0.25) is 0 Å². The van der Waals surface area contributed by atoms with Gasteiger partial charge in [-0.25, -0.2) is 0 Å². The number of nitrogens with one attached hydrogen (secondary N) is 2. The lowest BCUT2D eigenvalue weighted by atomic mass is 10.1. The van der Waals surface area contributed by atoms with Gasteiger partial charge in [-0.3, -0.25) is 4.79 Å². The lowest BCUT2D eigenvalue weighted by Gasteiger charge is -2.16. The third-order valence-corrected chi connectivity index (χ3v) is 6.00. The molecule has 0 saturated carbocycles. The van der Waals surface area contributed by atoms with Gasteiger partial charge in [0.1, 0.15) is 0 Å². The third kappa shape index (κ3) is 3.66. The van der Waals surface area contributed by atoms with Crippen molar-refractivity contribution in [3.63, 3.8) is 0 Å². The molecule has 2 aromatic carbocycles. The Morgan fingerprint density at radius 2 is 1.87 bits per heavy atom. The van der Waals surface area contributed by atoms with Crippen LogP contribution in [0.25, 0.3) is 15.9 Å². The van der Waals surface area contributed by atoms with E-state index in [-0.39, 0.29) is 5.69 Å². The lowest BCUT2D eigenvalue weighted by molar-refractivity contribution is -0.137. The molecule has 0 fully saturated rings. The van der Waals surface area contributed by atoms with Gasteiger partial charge in [0.05, 0.1) is 27.0 Å². The molecule has 2 N–H and O–H groups in total. The van der Waals surface area contributed by atoms with Crippen LogP contribution in [0.4, 0.5) is 18.9 Å². The second kappa shape index (κ2) is 7.41. The minimum absolute atomic E-state index is 0.00688. The molecule has 4 nitrogen and oxygen atoms in total. The molecule has 4 aromatic rings. The van der Waals surface area contributed by atoms with E-state index in [0.717, 1.165) is 16.3 Å². The molecule has 30 heavy (non-hydrogen) atoms. The van der Waals surface area contributed by atoms with Crippen LogP contribution in [0.3, 0.4) is 0 Å². The summed E-state index contributed by atoms with van der Waals surface area (Å²) < 4.78 is 43.4. The summed E-state index contributed by atoms with van der Waals surface area (Å²) in [7, 11) is 0. The van der Waals surface area contributed by atoms with Crippen molar-refractivity contribution in [2.45, 2.75) is 20.0 Å². The topological polar surface area (TPSA) is 49.8 Å². The number of carbonyl (C=O) groups is 1. The van der Waals surface area contributed by atoms with E-state index in [4.69, 9.17) is 12.2 Å². The summed E-state index contributed by atoms with van der Waals surface area (Å²) in [5.41, 5.74) is 1.98. The van der Waals surface area contributed by atoms with Crippen LogP contribution in [0, 0.1) is 17.8 Å². The van der Waals surface area contributed by atoms with Gasteiger partial charge in [-0.05, 0) is 62.5 Å². The molecule has 0 unspecified atom stereocenters. The first-order valence-electron chi connectivity index (χ1n) is 8.95. The normalized spacial score (nSPS) is 11.8. The van der Waals surface area contributed by atoms with Crippen LogP contribution in [-0.2, 0) is 6.18 Å². The number of para-hydroxylation sites is 1. The summed E-state index contributed by atoms with van der Waals surface area (Å²) >= 11 is 6.53. The van der Waals surface area contributed by atoms with Crippen LogP contribution < -0.4 is 5.32 Å². The van der Waals surface area contributed by atoms with Crippen LogP contribution in [0.1, 0.15) is 27.3 Å². The number of thiazole rings is 1. The molecular weight excluding hydrogens is 431 g/mol. The summed E-state index contributed by atoms with van der Waals surface area (Å²) in [6.45, 7) is 3.31. The van der Waals surface area contributed by atoms with E-state index >= 15 is 0 Å². The highest BCUT2D eigenvalue weighted by Crippen LogP contribution is 2.35. The van der Waals surface area contributed by atoms with E-state index < -0.39 is 17.6 Å². The molecule has 2 aromatic heterocycles. The van der Waals surface area contributed by atoms with Gasteiger partial charge in [-0.2, -0.15) is 13.2 Å². The molecule has 0 bridgehead atoms. The number of nitrogens with zero attached hydrogens (tertiary/aromatic N) is 1. The molecule has 1 amide bonds. The summed E-state index contributed by atoms with van der Waals surface area (Å²) in [6, 6.07) is 12.3. The second-order valence-electron chi connectivity index (χ2n) is 6.81. The number of aromatic nitrogens is 2. The van der Waals surface area contributed by atoms with Crippen molar-refractivity contribution >= 4 is 45.4 Å². The Morgan fingerprint density at radius 3 is 2.60 bits per heavy atom. The van der Waals surface area contributed by atoms with Crippen LogP contribution in [0.15, 0.2) is 48.5 Å². The van der Waals surface area contributed by atoms with Gasteiger partial charge in [0.25, 0.3) is 5.91 Å². The van der Waals surface area contributed by atoms with E-state index in [1.54, 1.807) is 32.0 Å². The molecule has 0 saturated heterocycles. The van der Waals surface area contributed by atoms with E-state index in [1.165, 1.54) is 28.0 Å². The van der Waals surface area contributed by atoms with Gasteiger partial charge in [-0.15, -0.1) is 11.3 Å². The van der Waals surface area contributed by atoms with Gasteiger partial charge < -0.3 is 14.9 Å². The Kier molecular flexibility index (Phi) is 5.03. The van der Waals surface area contributed by atoms with Crippen molar-refractivity contribution in [3.05, 3.63) is 75.0 Å². The maximum atomic E-state index is 13.5. The molecule has 9 heteroatoms. The van der Waals surface area contributed by atoms with Crippen LogP contribution in [-0.4, -0.2) is 15.5 Å². The zero-order valence-electron chi connectivity index (χ0n) is 15.9. The molecule has 154 valence electrons. The van der Waals surface area contributed by atoms with Gasteiger partial charge in [0.15, 0.2) is 3.95 Å². The van der Waals surface area contributed by atoms with E-state index in [9.17, 15) is 18.0 Å². The number of rotatable bonds is 3. The first-order chi connectivity index (χ1) is 14.1. The summed E-state index contributed by atoms with van der Waals surface area (Å²) in [5, 5.41) is 2.82. The molecule has 0 aliphatic carbocycles. The number of H-pyrrole nitrogens is 1. The molecule has 0 aliphatic rings. The Labute approximate surface area is 179 Å². The molecule has 0 aliphatic heterocycles. The number of hydrogen-bond acceptors (Lipinski definition) is 3. The maximum absolute atomic E-state index is 13.5. The molecular formula is C21H16F3N3OS2. The van der Waals surface area contributed by atoms with Crippen molar-refractivity contribution in [3.8, 4) is 5.69 Å². The quantitative estimate of drug-likeness (QED) is 0.346. The number of fused-ring (bicyclic) bond motifs is 1. The number of amides is 1. The highest BCUT2D eigenvalue weighted by atomic mass is 32.1. The van der Waals surface area contributed by atoms with E-state index in [0.29, 0.717) is 26.6 Å². The Hall–Kier alpha value is -2.91. The zero-order valence-corrected chi connectivity index (χ0v) is 17.6. The summed E-state index contributed by atoms with van der Waals surface area (Å²) in [5.74, 6) is -0.391. The summed E-state index contributed by atoms with van der Waals surface area (Å²) in [6.07, 6.45) is -4.50. The van der Waals surface area contributed by atoms with Crippen molar-refractivity contribution in [2.24, 2.45) is 0 Å². The average molecular weight is 448 g/mol. The Balaban J connectivity index is 1.71. The molecule has 4 rings (SSSR count). The minimum Gasteiger partial charge on any atom is -0.337 e. The number of benzene rings is 2. The number of halogens is 3. The highest BCUT2D eigenvalue weighted by Gasteiger charge is 2.34. The van der Waals surface area contributed by atoms with Crippen LogP contribution in [0.5, 0.6) is 0 Å². The standard InChI is InChI=1S/C21H16F3N3OS2/c1-11-9-14(12(2)27(11)17-6-4-3-5-15(17)21(22,23)24)19(28)25-13-7-8-16-18(10-13)30-20(29)26-16/h3-10H,1-2H3,(H,25,28)(H,26,29). The number of alkyl halides is 3. The second-order valence-corrected chi connectivity index (χ2v) is 8.53. The van der Waals surface area contributed by atoms with E-state index in [1.807, 2.05) is 12.1 Å². The molecule has 0 radical (unpaired) electrons. The Morgan fingerprint density at radius 1 is 1.13 bits per heavy atom. The maximum Gasteiger partial charge on any atom is 0.418 e. The van der Waals surface area contributed by atoms with Gasteiger partial charge in [0, 0.05) is 17.1 Å². The smallest absolute Gasteiger partial charge is 0.337 e. The van der Waals surface area contributed by atoms with Crippen molar-refractivity contribution in [2.75, 3.05) is 5.32 Å². The number of anilines is 1. The molecule has 0 spiro atoms. The van der Waals surface area contributed by atoms with Gasteiger partial charge >= 0.3 is 6.18 Å². The fourth-order valence-corrected chi connectivity index (χ4v) is 4.65. The minimum atomic E-state index is -4.50. The fourth-order valence-electron chi connectivity index (χ4n) is 3.49. The largest absolute Gasteiger partial charge is 0.418 e. The lowest BCUT2D eigenvalue weighted by Crippen LogP contribution is -2.14. The summed E-state index contributed by atoms with van der Waals surface area (Å²) in [4.78, 5) is 15.9. The first-order valence-corrected chi connectivity index (χ1v) is 10.2. The van der Waals surface area contributed by atoms with Crippen LogP contribution in [0.2, 0.25) is 0 Å².